The number of fused-ring (bicyclic) bond motifs is 2. The van der Waals surface area contributed by atoms with Crippen molar-refractivity contribution in [3.05, 3.63) is 0 Å². The highest BCUT2D eigenvalue weighted by Crippen LogP contribution is 2.65. The first kappa shape index (κ1) is 14.4. The highest BCUT2D eigenvalue weighted by atomic mass is 16.2. The van der Waals surface area contributed by atoms with Crippen molar-refractivity contribution >= 4 is 5.91 Å². The molecule has 0 saturated heterocycles. The Kier molecular flexibility index (Phi) is 3.39. The van der Waals surface area contributed by atoms with Crippen LogP contribution in [0.3, 0.4) is 0 Å². The third-order valence-electron chi connectivity index (χ3n) is 7.41. The maximum atomic E-state index is 12.6. The van der Waals surface area contributed by atoms with Crippen LogP contribution in [0.2, 0.25) is 0 Å². The Morgan fingerprint density at radius 3 is 2.55 bits per heavy atom. The normalized spacial score (nSPS) is 45.8. The number of hydrogen-bond donors (Lipinski definition) is 2. The Hall–Kier alpha value is -0.570. The number of amides is 1. The highest BCUT2D eigenvalue weighted by Gasteiger charge is 2.61. The standard InChI is InChI=1S/C17H30N2O/c1-16(2)12-7-8-17(16,3)14(9-12)19-15(20)13-6-4-5-11(13)10-18/h11-14H,4-10,18H2,1-3H3,(H,19,20)/t11-,12?,13-,14?,17?/m1/s1. The molecule has 5 atom stereocenters. The van der Waals surface area contributed by atoms with Crippen LogP contribution in [0.5, 0.6) is 0 Å². The first-order chi connectivity index (χ1) is 9.40. The van der Waals surface area contributed by atoms with Gasteiger partial charge in [-0.05, 0) is 61.3 Å². The van der Waals surface area contributed by atoms with Gasteiger partial charge < -0.3 is 11.1 Å². The summed E-state index contributed by atoms with van der Waals surface area (Å²) >= 11 is 0. The van der Waals surface area contributed by atoms with E-state index in [0.29, 0.717) is 23.9 Å². The smallest absolute Gasteiger partial charge is 0.223 e. The van der Waals surface area contributed by atoms with Crippen LogP contribution in [0.4, 0.5) is 0 Å². The van der Waals surface area contributed by atoms with E-state index in [0.717, 1.165) is 25.2 Å². The van der Waals surface area contributed by atoms with Gasteiger partial charge >= 0.3 is 0 Å². The first-order valence-electron chi connectivity index (χ1n) is 8.40. The van der Waals surface area contributed by atoms with Gasteiger partial charge in [0.2, 0.25) is 5.91 Å². The summed E-state index contributed by atoms with van der Waals surface area (Å²) in [5, 5.41) is 3.42. The van der Waals surface area contributed by atoms with Gasteiger partial charge in [0.05, 0.1) is 0 Å². The van der Waals surface area contributed by atoms with Crippen LogP contribution in [0.1, 0.15) is 59.3 Å². The van der Waals surface area contributed by atoms with Crippen LogP contribution in [0, 0.1) is 28.6 Å². The fourth-order valence-electron chi connectivity index (χ4n) is 5.36. The van der Waals surface area contributed by atoms with E-state index in [9.17, 15) is 4.79 Å². The van der Waals surface area contributed by atoms with Crippen molar-refractivity contribution in [3.8, 4) is 0 Å². The highest BCUT2D eigenvalue weighted by molar-refractivity contribution is 5.79. The SMILES string of the molecule is CC1(C)C2CCC1(C)C(NC(=O)[C@@H]1CCC[C@@H]1CN)C2. The van der Waals surface area contributed by atoms with Crippen molar-refractivity contribution in [1.82, 2.24) is 5.32 Å². The van der Waals surface area contributed by atoms with E-state index in [2.05, 4.69) is 26.1 Å². The number of nitrogens with one attached hydrogen (secondary N) is 1. The zero-order valence-electron chi connectivity index (χ0n) is 13.2. The summed E-state index contributed by atoms with van der Waals surface area (Å²) in [7, 11) is 0. The molecule has 3 aliphatic carbocycles. The predicted octanol–water partition coefficient (Wildman–Crippen LogP) is 2.69. The van der Waals surface area contributed by atoms with E-state index in [4.69, 9.17) is 5.73 Å². The molecule has 3 nitrogen and oxygen atoms in total. The quantitative estimate of drug-likeness (QED) is 0.834. The zero-order valence-corrected chi connectivity index (χ0v) is 13.2. The summed E-state index contributed by atoms with van der Waals surface area (Å²) < 4.78 is 0. The lowest BCUT2D eigenvalue weighted by Crippen LogP contribution is -2.49. The number of hydrogen-bond acceptors (Lipinski definition) is 2. The Balaban J connectivity index is 1.69. The molecule has 2 bridgehead atoms. The molecule has 3 rings (SSSR count). The van der Waals surface area contributed by atoms with Crippen molar-refractivity contribution in [2.45, 2.75) is 65.3 Å². The minimum absolute atomic E-state index is 0.172. The molecule has 20 heavy (non-hydrogen) atoms. The molecular weight excluding hydrogens is 248 g/mol. The molecule has 1 amide bonds. The zero-order chi connectivity index (χ0) is 14.5. The monoisotopic (exact) mass is 278 g/mol. The molecule has 3 N–H and O–H groups in total. The largest absolute Gasteiger partial charge is 0.353 e. The van der Waals surface area contributed by atoms with E-state index in [1.165, 1.54) is 19.3 Å². The molecule has 0 aliphatic heterocycles. The van der Waals surface area contributed by atoms with E-state index in [1.807, 2.05) is 0 Å². The molecule has 0 radical (unpaired) electrons. The van der Waals surface area contributed by atoms with Crippen LogP contribution < -0.4 is 11.1 Å². The van der Waals surface area contributed by atoms with Crippen LogP contribution in [-0.2, 0) is 4.79 Å². The van der Waals surface area contributed by atoms with Crippen LogP contribution >= 0.6 is 0 Å². The van der Waals surface area contributed by atoms with E-state index in [-0.39, 0.29) is 17.2 Å². The van der Waals surface area contributed by atoms with Crippen LogP contribution in [0.25, 0.3) is 0 Å². The van der Waals surface area contributed by atoms with E-state index in [1.54, 1.807) is 0 Å². The molecular formula is C17H30N2O. The Morgan fingerprint density at radius 1 is 1.25 bits per heavy atom. The third kappa shape index (κ3) is 1.85. The number of carbonyl (C=O) groups excluding carboxylic acids is 1. The van der Waals surface area contributed by atoms with E-state index >= 15 is 0 Å². The summed E-state index contributed by atoms with van der Waals surface area (Å²) in [4.78, 5) is 12.6. The van der Waals surface area contributed by atoms with Gasteiger partial charge in [0.15, 0.2) is 0 Å². The molecule has 0 aromatic heterocycles. The van der Waals surface area contributed by atoms with Gasteiger partial charge in [-0.2, -0.15) is 0 Å². The lowest BCUT2D eigenvalue weighted by Gasteiger charge is -2.40. The average Bonchev–Trinajstić information content (AvgIpc) is 3.01. The second kappa shape index (κ2) is 4.72. The molecule has 3 heteroatoms. The maximum Gasteiger partial charge on any atom is 0.223 e. The second-order valence-electron chi connectivity index (χ2n) is 8.20. The summed E-state index contributed by atoms with van der Waals surface area (Å²) in [5.74, 6) is 1.65. The van der Waals surface area contributed by atoms with Gasteiger partial charge in [-0.15, -0.1) is 0 Å². The van der Waals surface area contributed by atoms with Gasteiger partial charge in [0.1, 0.15) is 0 Å². The fraction of sp³-hybridized carbons (Fsp3) is 0.941. The third-order valence-corrected chi connectivity index (χ3v) is 7.41. The Morgan fingerprint density at radius 2 is 2.00 bits per heavy atom. The topological polar surface area (TPSA) is 55.1 Å². The molecule has 0 heterocycles. The average molecular weight is 278 g/mol. The predicted molar refractivity (Wildman–Crippen MR) is 81.0 cm³/mol. The number of nitrogens with two attached hydrogens (primary N) is 1. The molecule has 3 aliphatic rings. The van der Waals surface area contributed by atoms with Crippen LogP contribution in [-0.4, -0.2) is 18.5 Å². The van der Waals surface area contributed by atoms with Crippen molar-refractivity contribution in [2.24, 2.45) is 34.3 Å². The van der Waals surface area contributed by atoms with Gasteiger partial charge in [-0.3, -0.25) is 4.79 Å². The van der Waals surface area contributed by atoms with Gasteiger partial charge in [-0.25, -0.2) is 0 Å². The molecule has 3 saturated carbocycles. The van der Waals surface area contributed by atoms with Crippen molar-refractivity contribution in [3.63, 3.8) is 0 Å². The Labute approximate surface area is 123 Å². The number of carbonyl (C=O) groups is 1. The second-order valence-corrected chi connectivity index (χ2v) is 8.20. The van der Waals surface area contributed by atoms with Crippen molar-refractivity contribution in [1.29, 1.82) is 0 Å². The summed E-state index contributed by atoms with van der Waals surface area (Å²) in [6.07, 6.45) is 7.10. The minimum Gasteiger partial charge on any atom is -0.353 e. The molecule has 0 aromatic carbocycles. The molecule has 0 spiro atoms. The van der Waals surface area contributed by atoms with Crippen molar-refractivity contribution < 1.29 is 4.79 Å². The maximum absolute atomic E-state index is 12.6. The van der Waals surface area contributed by atoms with Gasteiger partial charge in [0, 0.05) is 12.0 Å². The Bertz CT molecular complexity index is 406. The molecule has 3 fully saturated rings. The summed E-state index contributed by atoms with van der Waals surface area (Å²) in [6.45, 7) is 7.85. The lowest BCUT2D eigenvalue weighted by molar-refractivity contribution is -0.127. The van der Waals surface area contributed by atoms with Crippen LogP contribution in [0.15, 0.2) is 0 Å². The molecule has 0 aromatic rings. The summed E-state index contributed by atoms with van der Waals surface area (Å²) in [5.41, 5.74) is 6.47. The van der Waals surface area contributed by atoms with Gasteiger partial charge in [-0.1, -0.05) is 27.2 Å². The molecule has 114 valence electrons. The molecule has 3 unspecified atom stereocenters. The van der Waals surface area contributed by atoms with E-state index < -0.39 is 0 Å². The van der Waals surface area contributed by atoms with Crippen molar-refractivity contribution in [2.75, 3.05) is 6.54 Å². The first-order valence-corrected chi connectivity index (χ1v) is 8.40. The minimum atomic E-state index is 0.172. The summed E-state index contributed by atoms with van der Waals surface area (Å²) in [6, 6.07) is 0.378. The fourth-order valence-corrected chi connectivity index (χ4v) is 5.36. The van der Waals surface area contributed by atoms with Gasteiger partial charge in [0.25, 0.3) is 0 Å². The number of rotatable bonds is 3. The lowest BCUT2D eigenvalue weighted by atomic mass is 9.69.